The van der Waals surface area contributed by atoms with Crippen molar-refractivity contribution in [2.75, 3.05) is 5.32 Å². The van der Waals surface area contributed by atoms with Gasteiger partial charge in [0.05, 0.1) is 11.9 Å². The SMILES string of the molecule is Cc1cccc(Oc2cnn(-c3ccccc3)c(=O)c2Nc2ccc(C(=O)NCc3cccc(F)c3)cc2)c1C. The Bertz CT molecular complexity index is 1720. The first kappa shape index (κ1) is 26.4. The molecule has 7 nitrogen and oxygen atoms in total. The number of ether oxygens (including phenoxy) is 1. The Morgan fingerprint density at radius 1 is 0.900 bits per heavy atom. The van der Waals surface area contributed by atoms with Gasteiger partial charge in [-0.05, 0) is 85.1 Å². The van der Waals surface area contributed by atoms with Gasteiger partial charge in [-0.3, -0.25) is 9.59 Å². The first-order chi connectivity index (χ1) is 19.4. The van der Waals surface area contributed by atoms with Crippen molar-refractivity contribution in [3.63, 3.8) is 0 Å². The molecule has 0 spiro atoms. The number of carbonyl (C=O) groups is 1. The molecule has 0 unspecified atom stereocenters. The number of amides is 1. The minimum Gasteiger partial charge on any atom is -0.453 e. The van der Waals surface area contributed by atoms with E-state index in [0.29, 0.717) is 28.3 Å². The highest BCUT2D eigenvalue weighted by Crippen LogP contribution is 2.31. The van der Waals surface area contributed by atoms with E-state index in [4.69, 9.17) is 4.74 Å². The summed E-state index contributed by atoms with van der Waals surface area (Å²) in [7, 11) is 0. The topological polar surface area (TPSA) is 85.2 Å². The zero-order valence-corrected chi connectivity index (χ0v) is 22.0. The molecule has 4 aromatic carbocycles. The first-order valence-electron chi connectivity index (χ1n) is 12.7. The van der Waals surface area contributed by atoms with Gasteiger partial charge in [-0.1, -0.05) is 42.5 Å². The maximum Gasteiger partial charge on any atom is 0.299 e. The Morgan fingerprint density at radius 3 is 2.40 bits per heavy atom. The minimum atomic E-state index is -0.397. The van der Waals surface area contributed by atoms with Gasteiger partial charge < -0.3 is 15.4 Å². The van der Waals surface area contributed by atoms with Gasteiger partial charge in [-0.2, -0.15) is 9.78 Å². The van der Waals surface area contributed by atoms with Gasteiger partial charge in [-0.25, -0.2) is 4.39 Å². The third-order valence-electron chi connectivity index (χ3n) is 6.48. The van der Waals surface area contributed by atoms with E-state index >= 15 is 0 Å². The normalized spacial score (nSPS) is 10.7. The van der Waals surface area contributed by atoms with E-state index in [9.17, 15) is 14.0 Å². The number of carbonyl (C=O) groups excluding carboxylic acids is 1. The highest BCUT2D eigenvalue weighted by Gasteiger charge is 2.17. The Labute approximate surface area is 230 Å². The van der Waals surface area contributed by atoms with Crippen LogP contribution < -0.4 is 20.9 Å². The van der Waals surface area contributed by atoms with Gasteiger partial charge in [0.25, 0.3) is 11.5 Å². The van der Waals surface area contributed by atoms with Gasteiger partial charge in [0.15, 0.2) is 11.4 Å². The van der Waals surface area contributed by atoms with Crippen LogP contribution in [0.5, 0.6) is 11.5 Å². The predicted molar refractivity (Wildman–Crippen MR) is 153 cm³/mol. The Morgan fingerprint density at radius 2 is 1.65 bits per heavy atom. The minimum absolute atomic E-state index is 0.197. The van der Waals surface area contributed by atoms with Crippen LogP contribution in [0.15, 0.2) is 108 Å². The molecule has 5 rings (SSSR count). The summed E-state index contributed by atoms with van der Waals surface area (Å²) in [5.41, 5.74) is 4.09. The third kappa shape index (κ3) is 5.91. The predicted octanol–water partition coefficient (Wildman–Crippen LogP) is 6.45. The summed E-state index contributed by atoms with van der Waals surface area (Å²) in [5.74, 6) is 0.227. The quantitative estimate of drug-likeness (QED) is 0.239. The molecule has 0 radical (unpaired) electrons. The van der Waals surface area contributed by atoms with E-state index < -0.39 is 5.56 Å². The summed E-state index contributed by atoms with van der Waals surface area (Å²) in [5, 5.41) is 10.3. The number of rotatable bonds is 8. The molecule has 1 heterocycles. The molecule has 0 bridgehead atoms. The Hall–Kier alpha value is -5.24. The molecule has 5 aromatic rings. The van der Waals surface area contributed by atoms with Crippen molar-refractivity contribution >= 4 is 17.3 Å². The van der Waals surface area contributed by atoms with Crippen molar-refractivity contribution in [3.8, 4) is 17.2 Å². The van der Waals surface area contributed by atoms with Gasteiger partial charge in [0.2, 0.25) is 0 Å². The number of para-hydroxylation sites is 1. The van der Waals surface area contributed by atoms with Gasteiger partial charge >= 0.3 is 0 Å². The maximum atomic E-state index is 13.6. The van der Waals surface area contributed by atoms with Crippen molar-refractivity contribution in [2.45, 2.75) is 20.4 Å². The van der Waals surface area contributed by atoms with Crippen molar-refractivity contribution in [1.29, 1.82) is 0 Å². The van der Waals surface area contributed by atoms with E-state index in [1.807, 2.05) is 50.2 Å². The van der Waals surface area contributed by atoms with Gasteiger partial charge in [0, 0.05) is 17.8 Å². The molecule has 0 aliphatic rings. The molecule has 40 heavy (non-hydrogen) atoms. The van der Waals surface area contributed by atoms with Crippen LogP contribution in [0.3, 0.4) is 0 Å². The van der Waals surface area contributed by atoms with Crippen LogP contribution in [0, 0.1) is 19.7 Å². The Kier molecular flexibility index (Phi) is 7.68. The number of aryl methyl sites for hydroxylation is 1. The number of nitrogens with one attached hydrogen (secondary N) is 2. The fraction of sp³-hybridized carbons (Fsp3) is 0.0938. The lowest BCUT2D eigenvalue weighted by Gasteiger charge is -2.16. The number of nitrogens with zero attached hydrogens (tertiary/aromatic N) is 2. The van der Waals surface area contributed by atoms with E-state index in [0.717, 1.165) is 11.1 Å². The summed E-state index contributed by atoms with van der Waals surface area (Å²) in [4.78, 5) is 26.3. The van der Waals surface area contributed by atoms with Crippen molar-refractivity contribution < 1.29 is 13.9 Å². The summed E-state index contributed by atoms with van der Waals surface area (Å²) in [6.45, 7) is 4.14. The summed E-state index contributed by atoms with van der Waals surface area (Å²) < 4.78 is 20.9. The van der Waals surface area contributed by atoms with Crippen LogP contribution >= 0.6 is 0 Å². The summed E-state index contributed by atoms with van der Waals surface area (Å²) >= 11 is 0. The van der Waals surface area contributed by atoms with E-state index in [-0.39, 0.29) is 29.7 Å². The number of halogens is 1. The molecule has 0 atom stereocenters. The van der Waals surface area contributed by atoms with Gasteiger partial charge in [-0.15, -0.1) is 0 Å². The molecule has 0 aliphatic carbocycles. The zero-order valence-electron chi connectivity index (χ0n) is 22.0. The van der Waals surface area contributed by atoms with Crippen LogP contribution in [0.2, 0.25) is 0 Å². The fourth-order valence-electron chi connectivity index (χ4n) is 4.12. The molecule has 0 fully saturated rings. The second-order valence-electron chi connectivity index (χ2n) is 9.25. The lowest BCUT2D eigenvalue weighted by molar-refractivity contribution is 0.0951. The number of hydrogen-bond donors (Lipinski definition) is 2. The highest BCUT2D eigenvalue weighted by molar-refractivity contribution is 5.94. The molecule has 1 amide bonds. The number of hydrogen-bond acceptors (Lipinski definition) is 5. The molecule has 1 aromatic heterocycles. The molecule has 0 saturated heterocycles. The zero-order chi connectivity index (χ0) is 28.1. The first-order valence-corrected chi connectivity index (χ1v) is 12.7. The van der Waals surface area contributed by atoms with Crippen LogP contribution in [-0.2, 0) is 6.54 Å². The van der Waals surface area contributed by atoms with E-state index in [2.05, 4.69) is 15.7 Å². The largest absolute Gasteiger partial charge is 0.453 e. The van der Waals surface area contributed by atoms with E-state index in [1.54, 1.807) is 48.5 Å². The van der Waals surface area contributed by atoms with Crippen molar-refractivity contribution in [3.05, 3.63) is 142 Å². The lowest BCUT2D eigenvalue weighted by atomic mass is 10.1. The standard InChI is InChI=1S/C32H27FN4O3/c1-21-8-6-13-28(22(21)2)40-29-20-35-37(27-11-4-3-5-12-27)32(39)30(29)36-26-16-14-24(15-17-26)31(38)34-19-23-9-7-10-25(33)18-23/h3-18,20,36H,19H2,1-2H3,(H,34,38). The molecular formula is C32H27FN4O3. The summed E-state index contributed by atoms with van der Waals surface area (Å²) in [6.07, 6.45) is 1.51. The Balaban J connectivity index is 1.41. The van der Waals surface area contributed by atoms with Crippen LogP contribution in [-0.4, -0.2) is 15.7 Å². The molecular weight excluding hydrogens is 507 g/mol. The summed E-state index contributed by atoms with van der Waals surface area (Å²) in [6, 6.07) is 27.6. The molecule has 200 valence electrons. The average Bonchev–Trinajstić information content (AvgIpc) is 2.97. The smallest absolute Gasteiger partial charge is 0.299 e. The molecule has 0 aliphatic heterocycles. The number of benzene rings is 4. The molecule has 2 N–H and O–H groups in total. The second kappa shape index (κ2) is 11.7. The third-order valence-corrected chi connectivity index (χ3v) is 6.48. The number of aromatic nitrogens is 2. The van der Waals surface area contributed by atoms with Crippen LogP contribution in [0.4, 0.5) is 15.8 Å². The van der Waals surface area contributed by atoms with Crippen molar-refractivity contribution in [2.24, 2.45) is 0 Å². The number of anilines is 2. The maximum absolute atomic E-state index is 13.6. The van der Waals surface area contributed by atoms with Crippen LogP contribution in [0.1, 0.15) is 27.0 Å². The fourth-order valence-corrected chi connectivity index (χ4v) is 4.12. The van der Waals surface area contributed by atoms with E-state index in [1.165, 1.54) is 23.0 Å². The lowest BCUT2D eigenvalue weighted by Crippen LogP contribution is -2.24. The highest BCUT2D eigenvalue weighted by atomic mass is 19.1. The average molecular weight is 535 g/mol. The molecule has 0 saturated carbocycles. The second-order valence-corrected chi connectivity index (χ2v) is 9.25. The van der Waals surface area contributed by atoms with Crippen molar-refractivity contribution in [1.82, 2.24) is 15.1 Å². The molecule has 8 heteroatoms. The van der Waals surface area contributed by atoms with Gasteiger partial charge in [0.1, 0.15) is 11.6 Å². The monoisotopic (exact) mass is 534 g/mol. The van der Waals surface area contributed by atoms with Crippen LogP contribution in [0.25, 0.3) is 5.69 Å².